The number of benzene rings is 2. The largest absolute Gasteiger partial charge is 0.416 e. The lowest BCUT2D eigenvalue weighted by Crippen LogP contribution is -2.08. The molecule has 0 fully saturated rings. The Bertz CT molecular complexity index is 1030. The van der Waals surface area contributed by atoms with Crippen molar-refractivity contribution in [2.45, 2.75) is 6.18 Å². The van der Waals surface area contributed by atoms with Crippen LogP contribution in [0.2, 0.25) is 0 Å². The quantitative estimate of drug-likeness (QED) is 0.359. The predicted octanol–water partition coefficient (Wildman–Crippen LogP) is 5.03. The summed E-state index contributed by atoms with van der Waals surface area (Å²) in [5.41, 5.74) is -1.70. The van der Waals surface area contributed by atoms with Crippen LogP contribution in [0, 0.1) is 15.9 Å². The van der Waals surface area contributed by atoms with Gasteiger partial charge < -0.3 is 10.6 Å². The molecule has 0 amide bonds. The zero-order chi connectivity index (χ0) is 20.3. The molecule has 3 aromatic rings. The van der Waals surface area contributed by atoms with E-state index in [0.29, 0.717) is 0 Å². The van der Waals surface area contributed by atoms with Crippen LogP contribution in [-0.2, 0) is 6.18 Å². The molecule has 3 rings (SSSR count). The van der Waals surface area contributed by atoms with Gasteiger partial charge in [-0.15, -0.1) is 0 Å². The molecule has 0 aliphatic rings. The van der Waals surface area contributed by atoms with Crippen LogP contribution in [0.15, 0.2) is 54.9 Å². The molecule has 0 aliphatic heterocycles. The van der Waals surface area contributed by atoms with Gasteiger partial charge in [0.1, 0.15) is 12.1 Å². The van der Waals surface area contributed by atoms with Gasteiger partial charge in [-0.2, -0.15) is 13.2 Å². The van der Waals surface area contributed by atoms with Crippen molar-refractivity contribution in [1.82, 2.24) is 9.97 Å². The zero-order valence-electron chi connectivity index (χ0n) is 13.9. The number of aromatic nitrogens is 2. The van der Waals surface area contributed by atoms with Crippen LogP contribution >= 0.6 is 0 Å². The van der Waals surface area contributed by atoms with Crippen molar-refractivity contribution >= 4 is 28.7 Å². The van der Waals surface area contributed by atoms with Crippen LogP contribution in [0.25, 0.3) is 0 Å². The summed E-state index contributed by atoms with van der Waals surface area (Å²) in [5, 5.41) is 16.5. The van der Waals surface area contributed by atoms with E-state index in [9.17, 15) is 27.7 Å². The van der Waals surface area contributed by atoms with Gasteiger partial charge in [0.2, 0.25) is 11.6 Å². The Hall–Kier alpha value is -3.76. The maximum Gasteiger partial charge on any atom is 0.416 e. The van der Waals surface area contributed by atoms with E-state index in [2.05, 4.69) is 20.6 Å². The Morgan fingerprint density at radius 3 is 2.29 bits per heavy atom. The van der Waals surface area contributed by atoms with Gasteiger partial charge in [0.25, 0.3) is 0 Å². The summed E-state index contributed by atoms with van der Waals surface area (Å²) in [6.45, 7) is 0. The molecule has 28 heavy (non-hydrogen) atoms. The molecule has 0 spiro atoms. The van der Waals surface area contributed by atoms with Gasteiger partial charge in [0.15, 0.2) is 0 Å². The molecule has 2 aromatic carbocycles. The van der Waals surface area contributed by atoms with Gasteiger partial charge in [0, 0.05) is 5.69 Å². The smallest absolute Gasteiger partial charge is 0.334 e. The van der Waals surface area contributed by atoms with E-state index in [1.807, 2.05) is 0 Å². The Morgan fingerprint density at radius 1 is 0.964 bits per heavy atom. The van der Waals surface area contributed by atoms with Crippen molar-refractivity contribution in [2.24, 2.45) is 0 Å². The van der Waals surface area contributed by atoms with Gasteiger partial charge in [-0.05, 0) is 30.3 Å². The first-order valence-electron chi connectivity index (χ1n) is 7.71. The molecule has 144 valence electrons. The molecule has 0 saturated carbocycles. The van der Waals surface area contributed by atoms with Crippen molar-refractivity contribution in [3.8, 4) is 0 Å². The fourth-order valence-corrected chi connectivity index (χ4v) is 2.33. The first-order valence-corrected chi connectivity index (χ1v) is 7.71. The second-order valence-electron chi connectivity index (χ2n) is 5.49. The number of hydrogen-bond donors (Lipinski definition) is 2. The van der Waals surface area contributed by atoms with Crippen LogP contribution in [0.3, 0.4) is 0 Å². The second kappa shape index (κ2) is 7.47. The Kier molecular flexibility index (Phi) is 5.07. The third-order valence-corrected chi connectivity index (χ3v) is 3.58. The number of nitro groups is 1. The Morgan fingerprint density at radius 2 is 1.64 bits per heavy atom. The molecule has 0 bridgehead atoms. The van der Waals surface area contributed by atoms with E-state index in [-0.39, 0.29) is 23.0 Å². The fraction of sp³-hybridized carbons (Fsp3) is 0.0588. The summed E-state index contributed by atoms with van der Waals surface area (Å²) in [5.74, 6) is -1.33. The molecule has 7 nitrogen and oxygen atoms in total. The van der Waals surface area contributed by atoms with Gasteiger partial charge in [-0.1, -0.05) is 18.2 Å². The van der Waals surface area contributed by atoms with E-state index in [0.717, 1.165) is 30.6 Å². The molecular weight excluding hydrogens is 382 g/mol. The summed E-state index contributed by atoms with van der Waals surface area (Å²) in [7, 11) is 0. The van der Waals surface area contributed by atoms with Gasteiger partial charge in [-0.25, -0.2) is 14.4 Å². The Labute approximate surface area is 155 Å². The fourth-order valence-electron chi connectivity index (χ4n) is 2.33. The number of hydrogen-bond acceptors (Lipinski definition) is 6. The van der Waals surface area contributed by atoms with E-state index in [1.165, 1.54) is 24.3 Å². The van der Waals surface area contributed by atoms with Crippen LogP contribution in [0.4, 0.5) is 46.3 Å². The molecule has 0 radical (unpaired) electrons. The molecule has 0 aliphatic carbocycles. The molecule has 1 aromatic heterocycles. The van der Waals surface area contributed by atoms with Gasteiger partial charge >= 0.3 is 11.9 Å². The molecule has 11 heteroatoms. The SMILES string of the molecule is O=[N+]([O-])c1c(Nc2cccc(C(F)(F)F)c2)ncnc1Nc1ccccc1F. The minimum Gasteiger partial charge on any atom is -0.334 e. The van der Waals surface area contributed by atoms with E-state index in [1.54, 1.807) is 0 Å². The van der Waals surface area contributed by atoms with Crippen LogP contribution in [0.1, 0.15) is 5.56 Å². The average molecular weight is 393 g/mol. The number of nitrogens with one attached hydrogen (secondary N) is 2. The predicted molar refractivity (Wildman–Crippen MR) is 93.1 cm³/mol. The number of para-hydroxylation sites is 1. The second-order valence-corrected chi connectivity index (χ2v) is 5.49. The van der Waals surface area contributed by atoms with Crippen LogP contribution < -0.4 is 10.6 Å². The molecule has 0 saturated heterocycles. The summed E-state index contributed by atoms with van der Waals surface area (Å²) in [6, 6.07) is 9.55. The highest BCUT2D eigenvalue weighted by atomic mass is 19.4. The maximum atomic E-state index is 13.8. The summed E-state index contributed by atoms with van der Waals surface area (Å²) in [6.07, 6.45) is -3.61. The molecule has 1 heterocycles. The third kappa shape index (κ3) is 4.14. The lowest BCUT2D eigenvalue weighted by molar-refractivity contribution is -0.383. The molecular formula is C17H11F4N5O2. The number of halogens is 4. The van der Waals surface area contributed by atoms with E-state index in [4.69, 9.17) is 0 Å². The zero-order valence-corrected chi connectivity index (χ0v) is 13.9. The highest BCUT2D eigenvalue weighted by molar-refractivity contribution is 5.76. The van der Waals surface area contributed by atoms with E-state index >= 15 is 0 Å². The third-order valence-electron chi connectivity index (χ3n) is 3.58. The van der Waals surface area contributed by atoms with Crippen molar-refractivity contribution in [3.05, 3.63) is 76.4 Å². The lowest BCUT2D eigenvalue weighted by Gasteiger charge is -2.12. The average Bonchev–Trinajstić information content (AvgIpc) is 2.63. The van der Waals surface area contributed by atoms with Crippen molar-refractivity contribution in [2.75, 3.05) is 10.6 Å². The summed E-state index contributed by atoms with van der Waals surface area (Å²) >= 11 is 0. The van der Waals surface area contributed by atoms with Gasteiger partial charge in [0.05, 0.1) is 16.2 Å². The monoisotopic (exact) mass is 393 g/mol. The maximum absolute atomic E-state index is 13.8. The number of nitrogens with zero attached hydrogens (tertiary/aromatic N) is 3. The summed E-state index contributed by atoms with van der Waals surface area (Å²) in [4.78, 5) is 18.2. The first kappa shape index (κ1) is 19.0. The normalized spacial score (nSPS) is 11.1. The standard InChI is InChI=1S/C17H11F4N5O2/c18-12-6-1-2-7-13(12)25-16-14(26(27)28)15(22-9-23-16)24-11-5-3-4-10(8-11)17(19,20)21/h1-9H,(H2,22,23,24,25). The molecule has 2 N–H and O–H groups in total. The van der Waals surface area contributed by atoms with Crippen molar-refractivity contribution in [1.29, 1.82) is 0 Å². The summed E-state index contributed by atoms with van der Waals surface area (Å²) < 4.78 is 52.4. The highest BCUT2D eigenvalue weighted by Gasteiger charge is 2.31. The topological polar surface area (TPSA) is 93.0 Å². The Balaban J connectivity index is 1.98. The van der Waals surface area contributed by atoms with E-state index < -0.39 is 28.2 Å². The van der Waals surface area contributed by atoms with Crippen LogP contribution in [0.5, 0.6) is 0 Å². The highest BCUT2D eigenvalue weighted by Crippen LogP contribution is 2.35. The van der Waals surface area contributed by atoms with Crippen LogP contribution in [-0.4, -0.2) is 14.9 Å². The molecule has 0 atom stereocenters. The van der Waals surface area contributed by atoms with Crippen molar-refractivity contribution < 1.29 is 22.5 Å². The molecule has 0 unspecified atom stereocenters. The number of rotatable bonds is 5. The first-order chi connectivity index (χ1) is 13.3. The lowest BCUT2D eigenvalue weighted by atomic mass is 10.2. The van der Waals surface area contributed by atoms with Crippen molar-refractivity contribution in [3.63, 3.8) is 0 Å². The number of alkyl halides is 3. The number of anilines is 4. The van der Waals surface area contributed by atoms with Gasteiger partial charge in [-0.3, -0.25) is 10.1 Å². The minimum atomic E-state index is -4.58. The minimum absolute atomic E-state index is 0.0608.